The van der Waals surface area contributed by atoms with Crippen molar-refractivity contribution in [3.05, 3.63) is 11.4 Å². The summed E-state index contributed by atoms with van der Waals surface area (Å²) in [4.78, 5) is 25.9. The minimum Gasteiger partial charge on any atom is -0.342 e. The van der Waals surface area contributed by atoms with E-state index in [1.807, 2.05) is 13.8 Å². The summed E-state index contributed by atoms with van der Waals surface area (Å²) in [6, 6.07) is 0. The Morgan fingerprint density at radius 2 is 2.20 bits per heavy atom. The molecule has 0 aromatic carbocycles. The van der Waals surface area contributed by atoms with Gasteiger partial charge >= 0.3 is 0 Å². The fraction of sp³-hybridized carbons (Fsp3) is 0.643. The molecule has 1 aliphatic rings. The van der Waals surface area contributed by atoms with E-state index in [9.17, 15) is 9.59 Å². The lowest BCUT2D eigenvalue weighted by atomic mass is 10.1. The van der Waals surface area contributed by atoms with E-state index in [1.165, 1.54) is 0 Å². The van der Waals surface area contributed by atoms with Gasteiger partial charge in [0.1, 0.15) is 0 Å². The zero-order valence-electron chi connectivity index (χ0n) is 12.5. The van der Waals surface area contributed by atoms with Crippen molar-refractivity contribution in [2.24, 2.45) is 11.8 Å². The Morgan fingerprint density at radius 3 is 2.75 bits per heavy atom. The third kappa shape index (κ3) is 3.00. The SMILES string of the molecule is Cc1n[nH]c(C)c1NC(=O)C1CC(=O)N(CC(C)C)C1. The van der Waals surface area contributed by atoms with E-state index in [0.717, 1.165) is 17.1 Å². The molecule has 0 saturated carbocycles. The number of hydrogen-bond acceptors (Lipinski definition) is 3. The molecule has 1 atom stereocenters. The number of anilines is 1. The number of carbonyl (C=O) groups excluding carboxylic acids is 2. The molecule has 1 fully saturated rings. The van der Waals surface area contributed by atoms with Crippen molar-refractivity contribution >= 4 is 17.5 Å². The molecule has 1 aliphatic heterocycles. The summed E-state index contributed by atoms with van der Waals surface area (Å²) >= 11 is 0. The molecule has 1 aromatic rings. The molecule has 2 rings (SSSR count). The van der Waals surface area contributed by atoms with Crippen LogP contribution in [-0.4, -0.2) is 40.0 Å². The van der Waals surface area contributed by atoms with E-state index in [2.05, 4.69) is 29.4 Å². The molecule has 1 aromatic heterocycles. The first-order valence-corrected chi connectivity index (χ1v) is 6.98. The molecule has 0 aliphatic carbocycles. The van der Waals surface area contributed by atoms with E-state index < -0.39 is 0 Å². The number of nitrogens with zero attached hydrogens (tertiary/aromatic N) is 2. The average Bonchev–Trinajstić information content (AvgIpc) is 2.86. The standard InChI is InChI=1S/C14H22N4O2/c1-8(2)6-18-7-11(5-12(18)19)14(20)15-13-9(3)16-17-10(13)4/h8,11H,5-7H2,1-4H3,(H,15,20)(H,16,17). The Morgan fingerprint density at radius 1 is 1.50 bits per heavy atom. The summed E-state index contributed by atoms with van der Waals surface area (Å²) in [6.45, 7) is 9.06. The average molecular weight is 278 g/mol. The van der Waals surface area contributed by atoms with Gasteiger partial charge in [-0.2, -0.15) is 5.10 Å². The number of aryl methyl sites for hydroxylation is 2. The van der Waals surface area contributed by atoms with Crippen LogP contribution in [0.25, 0.3) is 0 Å². The van der Waals surface area contributed by atoms with Crippen LogP contribution in [0.4, 0.5) is 5.69 Å². The molecule has 1 saturated heterocycles. The van der Waals surface area contributed by atoms with Gasteiger partial charge in [0.2, 0.25) is 11.8 Å². The van der Waals surface area contributed by atoms with Crippen LogP contribution in [0.15, 0.2) is 0 Å². The minimum atomic E-state index is -0.269. The van der Waals surface area contributed by atoms with E-state index in [1.54, 1.807) is 4.90 Å². The van der Waals surface area contributed by atoms with Crippen LogP contribution in [0, 0.1) is 25.7 Å². The molecule has 2 heterocycles. The van der Waals surface area contributed by atoms with E-state index in [-0.39, 0.29) is 17.7 Å². The number of aromatic nitrogens is 2. The lowest BCUT2D eigenvalue weighted by molar-refractivity contribution is -0.128. The highest BCUT2D eigenvalue weighted by atomic mass is 16.2. The number of aromatic amines is 1. The fourth-order valence-electron chi connectivity index (χ4n) is 2.53. The lowest BCUT2D eigenvalue weighted by Crippen LogP contribution is -2.31. The quantitative estimate of drug-likeness (QED) is 0.875. The van der Waals surface area contributed by atoms with Crippen molar-refractivity contribution in [1.29, 1.82) is 0 Å². The Labute approximate surface area is 118 Å². The van der Waals surface area contributed by atoms with Gasteiger partial charge in [-0.05, 0) is 19.8 Å². The number of hydrogen-bond donors (Lipinski definition) is 2. The van der Waals surface area contributed by atoms with Gasteiger partial charge < -0.3 is 10.2 Å². The monoisotopic (exact) mass is 278 g/mol. The van der Waals surface area contributed by atoms with Crippen molar-refractivity contribution in [3.8, 4) is 0 Å². The number of rotatable bonds is 4. The van der Waals surface area contributed by atoms with Crippen molar-refractivity contribution in [2.75, 3.05) is 18.4 Å². The molecule has 0 radical (unpaired) electrons. The van der Waals surface area contributed by atoms with Gasteiger partial charge in [0, 0.05) is 19.5 Å². The number of H-pyrrole nitrogens is 1. The molecule has 0 bridgehead atoms. The summed E-state index contributed by atoms with van der Waals surface area (Å²) in [5.74, 6) is 0.116. The van der Waals surface area contributed by atoms with E-state index in [0.29, 0.717) is 25.4 Å². The zero-order chi connectivity index (χ0) is 14.9. The summed E-state index contributed by atoms with van der Waals surface area (Å²) < 4.78 is 0. The maximum atomic E-state index is 12.3. The van der Waals surface area contributed by atoms with Crippen molar-refractivity contribution in [2.45, 2.75) is 34.1 Å². The number of amides is 2. The maximum Gasteiger partial charge on any atom is 0.229 e. The molecular formula is C14H22N4O2. The van der Waals surface area contributed by atoms with E-state index >= 15 is 0 Å². The molecule has 6 heteroatoms. The largest absolute Gasteiger partial charge is 0.342 e. The van der Waals surface area contributed by atoms with Gasteiger partial charge in [-0.1, -0.05) is 13.8 Å². The van der Waals surface area contributed by atoms with Crippen molar-refractivity contribution in [1.82, 2.24) is 15.1 Å². The normalized spacial score (nSPS) is 18.9. The first-order chi connectivity index (χ1) is 9.38. The van der Waals surface area contributed by atoms with Gasteiger partial charge in [-0.15, -0.1) is 0 Å². The second-order valence-electron chi connectivity index (χ2n) is 5.89. The minimum absolute atomic E-state index is 0.0690. The van der Waals surface area contributed by atoms with Crippen molar-refractivity contribution < 1.29 is 9.59 Å². The highest BCUT2D eigenvalue weighted by molar-refractivity contribution is 5.97. The van der Waals surface area contributed by atoms with Crippen LogP contribution in [0.5, 0.6) is 0 Å². The van der Waals surface area contributed by atoms with Crippen LogP contribution in [0.1, 0.15) is 31.7 Å². The van der Waals surface area contributed by atoms with Gasteiger partial charge in [-0.25, -0.2) is 0 Å². The molecule has 6 nitrogen and oxygen atoms in total. The van der Waals surface area contributed by atoms with Crippen molar-refractivity contribution in [3.63, 3.8) is 0 Å². The second kappa shape index (κ2) is 5.64. The van der Waals surface area contributed by atoms with Gasteiger partial charge in [0.15, 0.2) is 0 Å². The number of nitrogens with one attached hydrogen (secondary N) is 2. The van der Waals surface area contributed by atoms with Crippen LogP contribution < -0.4 is 5.32 Å². The van der Waals surface area contributed by atoms with Crippen LogP contribution in [0.3, 0.4) is 0 Å². The predicted molar refractivity (Wildman–Crippen MR) is 76.2 cm³/mol. The Balaban J connectivity index is 1.99. The van der Waals surface area contributed by atoms with Gasteiger partial charge in [0.25, 0.3) is 0 Å². The fourth-order valence-corrected chi connectivity index (χ4v) is 2.53. The van der Waals surface area contributed by atoms with Gasteiger partial charge in [-0.3, -0.25) is 14.7 Å². The Hall–Kier alpha value is -1.85. The summed E-state index contributed by atoms with van der Waals surface area (Å²) in [6.07, 6.45) is 0.300. The Bertz CT molecular complexity index is 502. The highest BCUT2D eigenvalue weighted by Gasteiger charge is 2.34. The van der Waals surface area contributed by atoms with Crippen LogP contribution in [0.2, 0.25) is 0 Å². The maximum absolute atomic E-state index is 12.3. The highest BCUT2D eigenvalue weighted by Crippen LogP contribution is 2.23. The van der Waals surface area contributed by atoms with Gasteiger partial charge in [0.05, 0.1) is 23.0 Å². The van der Waals surface area contributed by atoms with Crippen LogP contribution >= 0.6 is 0 Å². The first-order valence-electron chi connectivity index (χ1n) is 6.98. The van der Waals surface area contributed by atoms with E-state index in [4.69, 9.17) is 0 Å². The molecule has 110 valence electrons. The summed E-state index contributed by atoms with van der Waals surface area (Å²) in [5, 5.41) is 9.77. The molecule has 0 spiro atoms. The molecule has 1 unspecified atom stereocenters. The third-order valence-corrected chi connectivity index (χ3v) is 3.55. The lowest BCUT2D eigenvalue weighted by Gasteiger charge is -2.18. The second-order valence-corrected chi connectivity index (χ2v) is 5.89. The third-order valence-electron chi connectivity index (χ3n) is 3.55. The zero-order valence-corrected chi connectivity index (χ0v) is 12.5. The first kappa shape index (κ1) is 14.6. The van der Waals surface area contributed by atoms with Crippen LogP contribution in [-0.2, 0) is 9.59 Å². The molecule has 20 heavy (non-hydrogen) atoms. The summed E-state index contributed by atoms with van der Waals surface area (Å²) in [5.41, 5.74) is 2.32. The number of likely N-dealkylation sites (tertiary alicyclic amines) is 1. The molecular weight excluding hydrogens is 256 g/mol. The molecule has 2 N–H and O–H groups in total. The molecule has 2 amide bonds. The topological polar surface area (TPSA) is 78.1 Å². The Kier molecular flexibility index (Phi) is 4.11. The number of carbonyl (C=O) groups is 2. The predicted octanol–water partition coefficient (Wildman–Crippen LogP) is 1.47. The smallest absolute Gasteiger partial charge is 0.229 e. The summed E-state index contributed by atoms with van der Waals surface area (Å²) in [7, 11) is 0.